The van der Waals surface area contributed by atoms with Crippen LogP contribution < -0.4 is 10.2 Å². The number of anilines is 2. The molecule has 0 radical (unpaired) electrons. The number of methoxy groups -OCH3 is 1. The van der Waals surface area contributed by atoms with Gasteiger partial charge < -0.3 is 19.9 Å². The molecule has 0 fully saturated rings. The largest absolute Gasteiger partial charge is 0.465 e. The fourth-order valence-electron chi connectivity index (χ4n) is 4.82. The number of nitrogens with zero attached hydrogens (tertiary/aromatic N) is 4. The second-order valence-electron chi connectivity index (χ2n) is 10.1. The Morgan fingerprint density at radius 3 is 2.31 bits per heavy atom. The minimum Gasteiger partial charge on any atom is -0.465 e. The van der Waals surface area contributed by atoms with Crippen molar-refractivity contribution in [3.8, 4) is 0 Å². The number of hydrogen-bond donors (Lipinski definition) is 1. The highest BCUT2D eigenvalue weighted by Crippen LogP contribution is 2.37. The SMILES string of the molecule is COC(=O)c1ccc2c(c1)NC(=O)C2C(=Nc1ccc(N(CCN(C)C)C(=O)c2cccnc2)cc1)c1ccccc1. The Balaban J connectivity index is 1.51. The van der Waals surface area contributed by atoms with Gasteiger partial charge in [0.25, 0.3) is 5.91 Å². The summed E-state index contributed by atoms with van der Waals surface area (Å²) < 4.78 is 4.83. The summed E-state index contributed by atoms with van der Waals surface area (Å²) in [4.78, 5) is 51.5. The van der Waals surface area contributed by atoms with E-state index in [0.29, 0.717) is 41.3 Å². The molecule has 1 atom stereocenters. The van der Waals surface area contributed by atoms with Crippen molar-refractivity contribution in [3.05, 3.63) is 120 Å². The van der Waals surface area contributed by atoms with Crippen LogP contribution in [0.1, 0.15) is 37.8 Å². The molecule has 3 aromatic carbocycles. The average molecular weight is 562 g/mol. The van der Waals surface area contributed by atoms with E-state index in [2.05, 4.69) is 10.3 Å². The first-order valence-electron chi connectivity index (χ1n) is 13.5. The van der Waals surface area contributed by atoms with Crippen LogP contribution in [0.15, 0.2) is 102 Å². The molecular formula is C33H31N5O4. The molecule has 2 amide bonds. The maximum absolute atomic E-state index is 13.4. The standard InChI is InChI=1S/C33H31N5O4/c1-37(2)18-19-38(32(40)24-10-7-17-34-21-24)26-14-12-25(13-15-26)35-30(22-8-5-4-6-9-22)29-27-16-11-23(33(41)42-3)20-28(27)36-31(29)39/h4-17,20-21,29H,18-19H2,1-3H3,(H,36,39). The number of esters is 1. The highest BCUT2D eigenvalue weighted by atomic mass is 16.5. The molecule has 5 rings (SSSR count). The van der Waals surface area contributed by atoms with Gasteiger partial charge in [0.1, 0.15) is 5.92 Å². The molecule has 212 valence electrons. The zero-order valence-electron chi connectivity index (χ0n) is 23.7. The van der Waals surface area contributed by atoms with Crippen LogP contribution in [-0.2, 0) is 9.53 Å². The van der Waals surface area contributed by atoms with Crippen LogP contribution in [0.2, 0.25) is 0 Å². The van der Waals surface area contributed by atoms with Crippen molar-refractivity contribution in [3.63, 3.8) is 0 Å². The quantitative estimate of drug-likeness (QED) is 0.230. The number of aliphatic imine (C=N–C) groups is 1. The number of ether oxygens (including phenoxy) is 1. The van der Waals surface area contributed by atoms with Gasteiger partial charge in [-0.05, 0) is 73.8 Å². The normalized spacial score (nSPS) is 14.3. The minimum absolute atomic E-state index is 0.142. The number of amides is 2. The molecule has 1 N–H and O–H groups in total. The molecule has 9 heteroatoms. The van der Waals surface area contributed by atoms with Gasteiger partial charge in [0, 0.05) is 36.9 Å². The number of hydrogen-bond acceptors (Lipinski definition) is 7. The van der Waals surface area contributed by atoms with Gasteiger partial charge in [0.2, 0.25) is 5.91 Å². The molecule has 1 aliphatic heterocycles. The second-order valence-corrected chi connectivity index (χ2v) is 10.1. The highest BCUT2D eigenvalue weighted by molar-refractivity contribution is 6.24. The van der Waals surface area contributed by atoms with Crippen LogP contribution in [0.3, 0.4) is 0 Å². The molecule has 2 heterocycles. The van der Waals surface area contributed by atoms with Crippen LogP contribution in [0, 0.1) is 0 Å². The number of likely N-dealkylation sites (N-methyl/N-ethyl adjacent to an activating group) is 1. The first-order chi connectivity index (χ1) is 20.4. The van der Waals surface area contributed by atoms with Crippen molar-refractivity contribution in [2.75, 3.05) is 44.5 Å². The summed E-state index contributed by atoms with van der Waals surface area (Å²) in [6, 6.07) is 25.5. The van der Waals surface area contributed by atoms with Crippen molar-refractivity contribution in [1.29, 1.82) is 0 Å². The third kappa shape index (κ3) is 6.11. The van der Waals surface area contributed by atoms with E-state index in [0.717, 1.165) is 16.8 Å². The second kappa shape index (κ2) is 12.6. The third-order valence-corrected chi connectivity index (χ3v) is 6.98. The highest BCUT2D eigenvalue weighted by Gasteiger charge is 2.36. The summed E-state index contributed by atoms with van der Waals surface area (Å²) in [5.41, 5.74) is 4.86. The maximum Gasteiger partial charge on any atom is 0.337 e. The van der Waals surface area contributed by atoms with Gasteiger partial charge in [-0.15, -0.1) is 0 Å². The third-order valence-electron chi connectivity index (χ3n) is 6.98. The van der Waals surface area contributed by atoms with Crippen LogP contribution >= 0.6 is 0 Å². The Morgan fingerprint density at radius 1 is 0.905 bits per heavy atom. The first-order valence-corrected chi connectivity index (χ1v) is 13.5. The Morgan fingerprint density at radius 2 is 1.64 bits per heavy atom. The van der Waals surface area contributed by atoms with Crippen molar-refractivity contribution in [2.24, 2.45) is 4.99 Å². The lowest BCUT2D eigenvalue weighted by Gasteiger charge is -2.24. The first kappa shape index (κ1) is 28.4. The molecule has 4 aromatic rings. The minimum atomic E-state index is -0.683. The van der Waals surface area contributed by atoms with E-state index in [1.54, 1.807) is 47.6 Å². The van der Waals surface area contributed by atoms with Crippen LogP contribution in [0.4, 0.5) is 17.1 Å². The van der Waals surface area contributed by atoms with Gasteiger partial charge in [-0.1, -0.05) is 36.4 Å². The number of carbonyl (C=O) groups is 3. The Kier molecular flexibility index (Phi) is 8.50. The van der Waals surface area contributed by atoms with E-state index >= 15 is 0 Å². The summed E-state index contributed by atoms with van der Waals surface area (Å²) in [7, 11) is 5.24. The molecule has 0 bridgehead atoms. The van der Waals surface area contributed by atoms with Crippen molar-refractivity contribution in [1.82, 2.24) is 9.88 Å². The number of aromatic nitrogens is 1. The monoisotopic (exact) mass is 561 g/mol. The number of pyridine rings is 1. The average Bonchev–Trinajstić information content (AvgIpc) is 3.35. The van der Waals surface area contributed by atoms with E-state index < -0.39 is 11.9 Å². The van der Waals surface area contributed by atoms with E-state index in [-0.39, 0.29) is 11.8 Å². The van der Waals surface area contributed by atoms with Gasteiger partial charge in [0.15, 0.2) is 0 Å². The lowest BCUT2D eigenvalue weighted by Crippen LogP contribution is -2.36. The lowest BCUT2D eigenvalue weighted by molar-refractivity contribution is -0.115. The van der Waals surface area contributed by atoms with Crippen LogP contribution in [0.25, 0.3) is 0 Å². The molecule has 0 saturated heterocycles. The lowest BCUT2D eigenvalue weighted by atomic mass is 9.90. The smallest absolute Gasteiger partial charge is 0.337 e. The number of benzene rings is 3. The Labute approximate surface area is 244 Å². The van der Waals surface area contributed by atoms with Gasteiger partial charge in [0.05, 0.1) is 29.6 Å². The molecular weight excluding hydrogens is 530 g/mol. The molecule has 0 spiro atoms. The van der Waals surface area contributed by atoms with Crippen molar-refractivity contribution >= 4 is 40.6 Å². The molecule has 1 aromatic heterocycles. The Bertz CT molecular complexity index is 1620. The number of fused-ring (bicyclic) bond motifs is 1. The zero-order chi connectivity index (χ0) is 29.6. The molecule has 0 saturated carbocycles. The van der Waals surface area contributed by atoms with Crippen molar-refractivity contribution < 1.29 is 19.1 Å². The molecule has 9 nitrogen and oxygen atoms in total. The van der Waals surface area contributed by atoms with Crippen molar-refractivity contribution in [2.45, 2.75) is 5.92 Å². The van der Waals surface area contributed by atoms with E-state index in [1.807, 2.05) is 73.6 Å². The van der Waals surface area contributed by atoms with E-state index in [1.165, 1.54) is 7.11 Å². The Hall–Kier alpha value is -5.15. The summed E-state index contributed by atoms with van der Waals surface area (Å²) in [5, 5.41) is 2.90. The van der Waals surface area contributed by atoms with Gasteiger partial charge >= 0.3 is 5.97 Å². The van der Waals surface area contributed by atoms with E-state index in [4.69, 9.17) is 9.73 Å². The molecule has 1 aliphatic rings. The summed E-state index contributed by atoms with van der Waals surface area (Å²) in [6.45, 7) is 1.17. The predicted octanol–water partition coefficient (Wildman–Crippen LogP) is 4.93. The summed E-state index contributed by atoms with van der Waals surface area (Å²) >= 11 is 0. The fraction of sp³-hybridized carbons (Fsp3) is 0.182. The molecule has 1 unspecified atom stereocenters. The molecule has 42 heavy (non-hydrogen) atoms. The maximum atomic E-state index is 13.4. The molecule has 0 aliphatic carbocycles. The zero-order valence-corrected chi connectivity index (χ0v) is 23.7. The summed E-state index contributed by atoms with van der Waals surface area (Å²) in [5.74, 6) is -1.54. The number of nitrogens with one attached hydrogen (secondary N) is 1. The number of rotatable bonds is 9. The number of carbonyl (C=O) groups excluding carboxylic acids is 3. The van der Waals surface area contributed by atoms with Gasteiger partial charge in [-0.3, -0.25) is 19.6 Å². The van der Waals surface area contributed by atoms with Crippen LogP contribution in [0.5, 0.6) is 0 Å². The van der Waals surface area contributed by atoms with Gasteiger partial charge in [-0.2, -0.15) is 0 Å². The van der Waals surface area contributed by atoms with E-state index in [9.17, 15) is 14.4 Å². The van der Waals surface area contributed by atoms with Gasteiger partial charge in [-0.25, -0.2) is 4.79 Å². The fourth-order valence-corrected chi connectivity index (χ4v) is 4.82. The topological polar surface area (TPSA) is 104 Å². The summed E-state index contributed by atoms with van der Waals surface area (Å²) in [6.07, 6.45) is 3.20. The predicted molar refractivity (Wildman–Crippen MR) is 163 cm³/mol. The van der Waals surface area contributed by atoms with Crippen LogP contribution in [-0.4, -0.2) is 67.7 Å².